The van der Waals surface area contributed by atoms with E-state index in [9.17, 15) is 4.79 Å². The number of carbonyl (C=O) groups is 1. The van der Waals surface area contributed by atoms with E-state index in [0.717, 1.165) is 32.5 Å². The molecule has 2 aliphatic rings. The number of amides is 1. The van der Waals surface area contributed by atoms with Gasteiger partial charge in [-0.3, -0.25) is 9.69 Å². The minimum atomic E-state index is 0.125. The molecule has 0 saturated carbocycles. The molecule has 86 valence electrons. The topological polar surface area (TPSA) is 44.4 Å². The predicted molar refractivity (Wildman–Crippen MR) is 59.7 cm³/mol. The van der Waals surface area contributed by atoms with E-state index in [2.05, 4.69) is 15.5 Å². The molecular weight excluding hydrogens is 190 g/mol. The molecule has 4 heteroatoms. The van der Waals surface area contributed by atoms with Crippen molar-refractivity contribution in [2.75, 3.05) is 26.7 Å². The van der Waals surface area contributed by atoms with Gasteiger partial charge in [-0.25, -0.2) is 0 Å². The van der Waals surface area contributed by atoms with Gasteiger partial charge in [-0.05, 0) is 38.8 Å². The van der Waals surface area contributed by atoms with Gasteiger partial charge < -0.3 is 10.6 Å². The average molecular weight is 211 g/mol. The summed E-state index contributed by atoms with van der Waals surface area (Å²) < 4.78 is 0. The number of likely N-dealkylation sites (N-methyl/N-ethyl adjacent to an activating group) is 1. The van der Waals surface area contributed by atoms with Crippen LogP contribution in [0, 0.1) is 0 Å². The molecule has 0 spiro atoms. The molecule has 0 aromatic heterocycles. The van der Waals surface area contributed by atoms with Crippen LogP contribution in [0.25, 0.3) is 0 Å². The standard InChI is InChI=1S/C11H21N3O/c1-12-11(15)10-5-3-7-14(10)9-4-2-6-13-8-9/h9-10,13H,2-8H2,1H3,(H,12,15). The number of piperidine rings is 1. The van der Waals surface area contributed by atoms with Crippen molar-refractivity contribution in [2.45, 2.75) is 37.8 Å². The van der Waals surface area contributed by atoms with Gasteiger partial charge in [0.05, 0.1) is 6.04 Å². The zero-order chi connectivity index (χ0) is 10.7. The van der Waals surface area contributed by atoms with Gasteiger partial charge in [0.1, 0.15) is 0 Å². The summed E-state index contributed by atoms with van der Waals surface area (Å²) >= 11 is 0. The highest BCUT2D eigenvalue weighted by Gasteiger charge is 2.35. The Balaban J connectivity index is 1.97. The lowest BCUT2D eigenvalue weighted by Gasteiger charge is -2.34. The van der Waals surface area contributed by atoms with E-state index >= 15 is 0 Å². The smallest absolute Gasteiger partial charge is 0.237 e. The molecule has 2 aliphatic heterocycles. The van der Waals surface area contributed by atoms with Crippen LogP contribution in [0.3, 0.4) is 0 Å². The SMILES string of the molecule is CNC(=O)C1CCCN1C1CCCNC1. The minimum absolute atomic E-state index is 0.125. The summed E-state index contributed by atoms with van der Waals surface area (Å²) in [5.41, 5.74) is 0. The number of hydrogen-bond acceptors (Lipinski definition) is 3. The zero-order valence-electron chi connectivity index (χ0n) is 9.46. The first-order chi connectivity index (χ1) is 7.33. The first-order valence-electron chi connectivity index (χ1n) is 6.01. The monoisotopic (exact) mass is 211 g/mol. The van der Waals surface area contributed by atoms with Gasteiger partial charge in [0.2, 0.25) is 5.91 Å². The molecule has 2 atom stereocenters. The van der Waals surface area contributed by atoms with Gasteiger partial charge in [-0.2, -0.15) is 0 Å². The summed E-state index contributed by atoms with van der Waals surface area (Å²) in [5.74, 6) is 0.193. The van der Waals surface area contributed by atoms with Crippen molar-refractivity contribution in [1.29, 1.82) is 0 Å². The molecule has 2 saturated heterocycles. The van der Waals surface area contributed by atoms with Gasteiger partial charge in [0, 0.05) is 19.6 Å². The number of nitrogens with zero attached hydrogens (tertiary/aromatic N) is 1. The lowest BCUT2D eigenvalue weighted by Crippen LogP contribution is -2.52. The van der Waals surface area contributed by atoms with Crippen molar-refractivity contribution in [3.63, 3.8) is 0 Å². The fourth-order valence-electron chi connectivity index (χ4n) is 2.79. The largest absolute Gasteiger partial charge is 0.358 e. The second kappa shape index (κ2) is 4.94. The van der Waals surface area contributed by atoms with E-state index in [0.29, 0.717) is 6.04 Å². The molecular formula is C11H21N3O. The van der Waals surface area contributed by atoms with Crippen molar-refractivity contribution in [1.82, 2.24) is 15.5 Å². The van der Waals surface area contributed by atoms with E-state index in [-0.39, 0.29) is 11.9 Å². The molecule has 1 amide bonds. The maximum Gasteiger partial charge on any atom is 0.237 e. The Hall–Kier alpha value is -0.610. The number of hydrogen-bond donors (Lipinski definition) is 2. The predicted octanol–water partition coefficient (Wildman–Crippen LogP) is -0.0512. The van der Waals surface area contributed by atoms with Crippen LogP contribution in [0.5, 0.6) is 0 Å². The highest BCUT2D eigenvalue weighted by molar-refractivity contribution is 5.81. The zero-order valence-corrected chi connectivity index (χ0v) is 9.46. The lowest BCUT2D eigenvalue weighted by molar-refractivity contribution is -0.125. The molecule has 0 radical (unpaired) electrons. The average Bonchev–Trinajstić information content (AvgIpc) is 2.78. The molecule has 0 aromatic carbocycles. The molecule has 2 unspecified atom stereocenters. The summed E-state index contributed by atoms with van der Waals surface area (Å²) in [7, 11) is 1.73. The molecule has 2 rings (SSSR count). The molecule has 2 N–H and O–H groups in total. The van der Waals surface area contributed by atoms with Crippen LogP contribution < -0.4 is 10.6 Å². The van der Waals surface area contributed by atoms with Crippen molar-refractivity contribution in [2.24, 2.45) is 0 Å². The summed E-state index contributed by atoms with van der Waals surface area (Å²) in [6, 6.07) is 0.698. The highest BCUT2D eigenvalue weighted by Crippen LogP contribution is 2.23. The Labute approximate surface area is 91.4 Å². The Bertz CT molecular complexity index is 226. The Morgan fingerprint density at radius 1 is 1.40 bits per heavy atom. The fraction of sp³-hybridized carbons (Fsp3) is 0.909. The number of rotatable bonds is 2. The fourth-order valence-corrected chi connectivity index (χ4v) is 2.79. The second-order valence-corrected chi connectivity index (χ2v) is 4.51. The number of likely N-dealkylation sites (tertiary alicyclic amines) is 1. The van der Waals surface area contributed by atoms with Gasteiger partial charge in [0.15, 0.2) is 0 Å². The number of carbonyl (C=O) groups excluding carboxylic acids is 1. The van der Waals surface area contributed by atoms with Crippen LogP contribution in [0.4, 0.5) is 0 Å². The summed E-state index contributed by atoms with van der Waals surface area (Å²) in [6.45, 7) is 3.27. The van der Waals surface area contributed by atoms with Crippen molar-refractivity contribution in [3.05, 3.63) is 0 Å². The molecule has 0 aromatic rings. The van der Waals surface area contributed by atoms with Gasteiger partial charge in [0.25, 0.3) is 0 Å². The van der Waals surface area contributed by atoms with E-state index in [4.69, 9.17) is 0 Å². The molecule has 0 aliphatic carbocycles. The van der Waals surface area contributed by atoms with E-state index < -0.39 is 0 Å². The maximum atomic E-state index is 11.7. The van der Waals surface area contributed by atoms with Crippen molar-refractivity contribution in [3.8, 4) is 0 Å². The van der Waals surface area contributed by atoms with Crippen LogP contribution in [-0.2, 0) is 4.79 Å². The van der Waals surface area contributed by atoms with Gasteiger partial charge in [-0.15, -0.1) is 0 Å². The first-order valence-corrected chi connectivity index (χ1v) is 6.01. The molecule has 0 bridgehead atoms. The van der Waals surface area contributed by atoms with E-state index in [1.54, 1.807) is 7.05 Å². The molecule has 4 nitrogen and oxygen atoms in total. The Morgan fingerprint density at radius 3 is 2.93 bits per heavy atom. The second-order valence-electron chi connectivity index (χ2n) is 4.51. The molecule has 15 heavy (non-hydrogen) atoms. The van der Waals surface area contributed by atoms with E-state index in [1.165, 1.54) is 12.8 Å². The third-order valence-corrected chi connectivity index (χ3v) is 3.58. The van der Waals surface area contributed by atoms with Crippen LogP contribution >= 0.6 is 0 Å². The van der Waals surface area contributed by atoms with Gasteiger partial charge >= 0.3 is 0 Å². The summed E-state index contributed by atoms with van der Waals surface area (Å²) in [5, 5.41) is 6.19. The quantitative estimate of drug-likeness (QED) is 0.673. The highest BCUT2D eigenvalue weighted by atomic mass is 16.2. The van der Waals surface area contributed by atoms with E-state index in [1.807, 2.05) is 0 Å². The lowest BCUT2D eigenvalue weighted by atomic mass is 10.0. The maximum absolute atomic E-state index is 11.7. The van der Waals surface area contributed by atoms with Crippen LogP contribution in [0.2, 0.25) is 0 Å². The number of nitrogens with one attached hydrogen (secondary N) is 2. The first kappa shape index (κ1) is 10.9. The Morgan fingerprint density at radius 2 is 2.27 bits per heavy atom. The normalized spacial score (nSPS) is 32.9. The molecule has 2 heterocycles. The van der Waals surface area contributed by atoms with Gasteiger partial charge in [-0.1, -0.05) is 0 Å². The Kier molecular flexibility index (Phi) is 3.59. The van der Waals surface area contributed by atoms with Crippen LogP contribution in [-0.4, -0.2) is 49.6 Å². The summed E-state index contributed by atoms with van der Waals surface area (Å²) in [6.07, 6.45) is 4.66. The van der Waals surface area contributed by atoms with Crippen LogP contribution in [0.15, 0.2) is 0 Å². The van der Waals surface area contributed by atoms with Crippen LogP contribution in [0.1, 0.15) is 25.7 Å². The third kappa shape index (κ3) is 2.32. The van der Waals surface area contributed by atoms with Crippen molar-refractivity contribution < 1.29 is 4.79 Å². The third-order valence-electron chi connectivity index (χ3n) is 3.58. The van der Waals surface area contributed by atoms with Crippen molar-refractivity contribution >= 4 is 5.91 Å². The molecule has 2 fully saturated rings. The summed E-state index contributed by atoms with van der Waals surface area (Å²) in [4.78, 5) is 14.1. The minimum Gasteiger partial charge on any atom is -0.358 e.